The Kier molecular flexibility index (Phi) is 8.19. The van der Waals surface area contributed by atoms with Gasteiger partial charge in [0.05, 0.1) is 22.4 Å². The molecule has 0 unspecified atom stereocenters. The Morgan fingerprint density at radius 3 is 2.33 bits per heavy atom. The highest BCUT2D eigenvalue weighted by Crippen LogP contribution is 2.32. The molecule has 4 N–H and O–H groups in total. The second-order valence-corrected chi connectivity index (χ2v) is 9.70. The highest BCUT2D eigenvalue weighted by molar-refractivity contribution is 5.85. The lowest BCUT2D eigenvalue weighted by atomic mass is 9.93. The molecule has 6 nitrogen and oxygen atoms in total. The van der Waals surface area contributed by atoms with Crippen molar-refractivity contribution in [1.29, 1.82) is 5.26 Å². The van der Waals surface area contributed by atoms with Gasteiger partial charge in [-0.15, -0.1) is 12.4 Å². The number of hydrogen-bond acceptors (Lipinski definition) is 5. The first-order chi connectivity index (χ1) is 16.6. The van der Waals surface area contributed by atoms with Gasteiger partial charge in [-0.05, 0) is 56.0 Å². The third-order valence-electron chi connectivity index (χ3n) is 6.24. The number of hydrogen-bond donors (Lipinski definition) is 3. The van der Waals surface area contributed by atoms with E-state index in [4.69, 9.17) is 11.0 Å². The topological polar surface area (TPSA) is 106 Å². The second kappa shape index (κ2) is 10.8. The molecule has 0 spiro atoms. The molecule has 1 aliphatic heterocycles. The van der Waals surface area contributed by atoms with E-state index in [1.54, 1.807) is 38.1 Å². The van der Waals surface area contributed by atoms with Crippen LogP contribution in [0.25, 0.3) is 22.4 Å². The number of nitrogens with zero attached hydrogens (tertiary/aromatic N) is 2. The number of piperidine rings is 1. The molecule has 3 aromatic rings. The van der Waals surface area contributed by atoms with E-state index in [0.717, 1.165) is 12.8 Å². The number of nitrogens with one attached hydrogen (secondary N) is 1. The Morgan fingerprint density at radius 1 is 1.11 bits per heavy atom. The molecule has 1 fully saturated rings. The second-order valence-electron chi connectivity index (χ2n) is 9.70. The van der Waals surface area contributed by atoms with E-state index >= 15 is 0 Å². The van der Waals surface area contributed by atoms with E-state index in [1.807, 2.05) is 4.90 Å². The zero-order chi connectivity index (χ0) is 25.3. The molecule has 190 valence electrons. The summed E-state index contributed by atoms with van der Waals surface area (Å²) in [6.45, 7) is 4.51. The van der Waals surface area contributed by atoms with Gasteiger partial charge in [-0.2, -0.15) is 5.26 Å². The Hall–Kier alpha value is -3.25. The van der Waals surface area contributed by atoms with E-state index in [1.165, 1.54) is 24.3 Å². The average Bonchev–Trinajstić information content (AvgIpc) is 2.79. The van der Waals surface area contributed by atoms with Crippen LogP contribution in [0.3, 0.4) is 0 Å². The van der Waals surface area contributed by atoms with Gasteiger partial charge in [0.25, 0.3) is 0 Å². The third kappa shape index (κ3) is 5.93. The standard InChI is InChI=1S/C27H28F2N4O2.ClH/c1-27(2,35)14-18-5-3-16(11-21(18)28)25-23(34)13-24(33-9-7-20(31)8-10-33)32-26(25)17-4-6-19(15-30)22(29)12-17;/h3-6,11-13,20,35H,7-10,14,31H2,1-2H3,(H,32,34);1H. The van der Waals surface area contributed by atoms with Crippen LogP contribution in [0.15, 0.2) is 47.3 Å². The molecule has 9 heteroatoms. The Labute approximate surface area is 214 Å². The molecule has 0 atom stereocenters. The zero-order valence-corrected chi connectivity index (χ0v) is 21.0. The summed E-state index contributed by atoms with van der Waals surface area (Å²) < 4.78 is 29.5. The summed E-state index contributed by atoms with van der Waals surface area (Å²) in [5.74, 6) is -0.683. The molecule has 36 heavy (non-hydrogen) atoms. The van der Waals surface area contributed by atoms with Crippen LogP contribution in [0.5, 0.6) is 0 Å². The maximum absolute atomic E-state index is 15.0. The normalized spacial score (nSPS) is 14.3. The summed E-state index contributed by atoms with van der Waals surface area (Å²) >= 11 is 0. The van der Waals surface area contributed by atoms with Crippen molar-refractivity contribution in [2.75, 3.05) is 18.0 Å². The number of nitrogens with two attached hydrogens (primary N) is 1. The van der Waals surface area contributed by atoms with Gasteiger partial charge in [-0.1, -0.05) is 18.2 Å². The molecule has 0 aliphatic carbocycles. The van der Waals surface area contributed by atoms with Gasteiger partial charge >= 0.3 is 0 Å². The molecular formula is C27H29ClF2N4O2. The van der Waals surface area contributed by atoms with Crippen LogP contribution in [0.1, 0.15) is 37.8 Å². The van der Waals surface area contributed by atoms with Crippen LogP contribution >= 0.6 is 12.4 Å². The number of anilines is 1. The quantitative estimate of drug-likeness (QED) is 0.464. The van der Waals surface area contributed by atoms with Crippen molar-refractivity contribution in [1.82, 2.24) is 4.98 Å². The molecule has 1 aliphatic rings. The number of aliphatic hydroxyl groups is 1. The number of H-pyrrole nitrogens is 1. The lowest BCUT2D eigenvalue weighted by Gasteiger charge is -2.32. The van der Waals surface area contributed by atoms with E-state index in [2.05, 4.69) is 4.98 Å². The van der Waals surface area contributed by atoms with Gasteiger partial charge in [0.2, 0.25) is 0 Å². The summed E-state index contributed by atoms with van der Waals surface area (Å²) in [6, 6.07) is 11.9. The summed E-state index contributed by atoms with van der Waals surface area (Å²) in [5, 5.41) is 19.2. The molecule has 1 aromatic heterocycles. The fraction of sp³-hybridized carbons (Fsp3) is 0.333. The first kappa shape index (κ1) is 27.3. The number of pyridine rings is 1. The van der Waals surface area contributed by atoms with E-state index in [-0.39, 0.29) is 41.4 Å². The zero-order valence-electron chi connectivity index (χ0n) is 20.1. The predicted molar refractivity (Wildman–Crippen MR) is 139 cm³/mol. The fourth-order valence-corrected chi connectivity index (χ4v) is 4.43. The van der Waals surface area contributed by atoms with Crippen molar-refractivity contribution >= 4 is 18.2 Å². The van der Waals surface area contributed by atoms with Crippen molar-refractivity contribution in [2.45, 2.75) is 44.8 Å². The molecular weight excluding hydrogens is 486 g/mol. The number of rotatable bonds is 5. The largest absolute Gasteiger partial charge is 0.390 e. The predicted octanol–water partition coefficient (Wildman–Crippen LogP) is 4.52. The van der Waals surface area contributed by atoms with Gasteiger partial charge in [0.1, 0.15) is 23.5 Å². The van der Waals surface area contributed by atoms with Crippen LogP contribution in [0.4, 0.5) is 14.6 Å². The van der Waals surface area contributed by atoms with Crippen LogP contribution < -0.4 is 16.1 Å². The maximum atomic E-state index is 15.0. The molecule has 0 amide bonds. The number of halogens is 3. The molecule has 2 aromatic carbocycles. The van der Waals surface area contributed by atoms with E-state index in [9.17, 15) is 18.7 Å². The summed E-state index contributed by atoms with van der Waals surface area (Å²) in [5.41, 5.74) is 6.02. The smallest absolute Gasteiger partial charge is 0.192 e. The van der Waals surface area contributed by atoms with Crippen molar-refractivity contribution in [3.05, 3.63) is 75.4 Å². The van der Waals surface area contributed by atoms with Gasteiger partial charge in [-0.3, -0.25) is 4.79 Å². The van der Waals surface area contributed by atoms with Crippen molar-refractivity contribution in [3.8, 4) is 28.5 Å². The van der Waals surface area contributed by atoms with Crippen molar-refractivity contribution in [3.63, 3.8) is 0 Å². The van der Waals surface area contributed by atoms with Crippen molar-refractivity contribution < 1.29 is 13.9 Å². The lowest BCUT2D eigenvalue weighted by molar-refractivity contribution is 0.0800. The third-order valence-corrected chi connectivity index (χ3v) is 6.24. The Bertz CT molecular complexity index is 1350. The van der Waals surface area contributed by atoms with E-state index < -0.39 is 17.2 Å². The fourth-order valence-electron chi connectivity index (χ4n) is 4.43. The van der Waals surface area contributed by atoms with Crippen LogP contribution in [-0.2, 0) is 6.42 Å². The first-order valence-electron chi connectivity index (χ1n) is 11.5. The number of aromatic nitrogens is 1. The van der Waals surface area contributed by atoms with Crippen LogP contribution in [0, 0.1) is 23.0 Å². The molecule has 4 rings (SSSR count). The summed E-state index contributed by atoms with van der Waals surface area (Å²) in [6.07, 6.45) is 1.66. The van der Waals surface area contributed by atoms with E-state index in [0.29, 0.717) is 41.3 Å². The molecule has 1 saturated heterocycles. The minimum Gasteiger partial charge on any atom is -0.390 e. The van der Waals surface area contributed by atoms with Gasteiger partial charge < -0.3 is 20.7 Å². The monoisotopic (exact) mass is 514 g/mol. The number of benzene rings is 2. The lowest BCUT2D eigenvalue weighted by Crippen LogP contribution is -2.40. The summed E-state index contributed by atoms with van der Waals surface area (Å²) in [7, 11) is 0. The van der Waals surface area contributed by atoms with Crippen LogP contribution in [-0.4, -0.2) is 34.8 Å². The highest BCUT2D eigenvalue weighted by Gasteiger charge is 2.22. The maximum Gasteiger partial charge on any atom is 0.192 e. The summed E-state index contributed by atoms with van der Waals surface area (Å²) in [4.78, 5) is 18.7. The minimum atomic E-state index is -1.09. The SMILES string of the molecule is CC(C)(O)Cc1ccc(-c2c(-c3ccc(C#N)c(F)c3)[nH]c(N3CCC(N)CC3)cc2=O)cc1F.Cl. The number of nitriles is 1. The minimum absolute atomic E-state index is 0. The Balaban J connectivity index is 0.00000361. The van der Waals surface area contributed by atoms with Gasteiger partial charge in [-0.25, -0.2) is 8.78 Å². The average molecular weight is 515 g/mol. The van der Waals surface area contributed by atoms with Crippen LogP contribution in [0.2, 0.25) is 0 Å². The molecule has 0 saturated carbocycles. The van der Waals surface area contributed by atoms with Crippen molar-refractivity contribution in [2.24, 2.45) is 5.73 Å². The van der Waals surface area contributed by atoms with Gasteiger partial charge in [0.15, 0.2) is 5.43 Å². The first-order valence-corrected chi connectivity index (χ1v) is 11.5. The molecule has 0 radical (unpaired) electrons. The number of aromatic amines is 1. The molecule has 0 bridgehead atoms. The molecule has 2 heterocycles. The Morgan fingerprint density at radius 2 is 1.75 bits per heavy atom. The highest BCUT2D eigenvalue weighted by atomic mass is 35.5. The van der Waals surface area contributed by atoms with Gasteiger partial charge in [0, 0.05) is 37.2 Å².